The summed E-state index contributed by atoms with van der Waals surface area (Å²) < 4.78 is 4.23. The first-order valence-electron chi connectivity index (χ1n) is 11.6. The van der Waals surface area contributed by atoms with Crippen molar-refractivity contribution in [2.75, 3.05) is 6.54 Å². The lowest BCUT2D eigenvalue weighted by Crippen LogP contribution is -2.44. The maximum absolute atomic E-state index is 13.4. The van der Waals surface area contributed by atoms with Crippen molar-refractivity contribution in [1.82, 2.24) is 24.0 Å². The first-order chi connectivity index (χ1) is 16.8. The fourth-order valence-electron chi connectivity index (χ4n) is 4.02. The van der Waals surface area contributed by atoms with E-state index in [1.54, 1.807) is 23.0 Å². The second-order valence-corrected chi connectivity index (χ2v) is 9.37. The largest absolute Gasteiger partial charge is 0.354 e. The van der Waals surface area contributed by atoms with Crippen LogP contribution in [-0.4, -0.2) is 31.1 Å². The standard InChI is InChI=1S/C26H28ClN5O3/c1-18(2)14-30-17-29-24-23(30)25(34)32(26(35)31(24)15-20-6-4-3-5-7-20)16-22(33)28-13-12-19-8-10-21(27)11-9-19/h3-11,17-18H,12-16H2,1-2H3,(H,28,33). The SMILES string of the molecule is CC(C)Cn1cnc2c1c(=O)n(CC(=O)NCCc1ccc(Cl)cc1)c(=O)n2Cc1ccccc1. The highest BCUT2D eigenvalue weighted by atomic mass is 35.5. The number of hydrogen-bond donors (Lipinski definition) is 1. The number of rotatable bonds is 9. The molecule has 4 rings (SSSR count). The number of hydrogen-bond acceptors (Lipinski definition) is 4. The third-order valence-corrected chi connectivity index (χ3v) is 5.93. The molecule has 2 aromatic heterocycles. The number of benzene rings is 2. The first-order valence-corrected chi connectivity index (χ1v) is 11.9. The van der Waals surface area contributed by atoms with Gasteiger partial charge in [-0.05, 0) is 35.6 Å². The minimum Gasteiger partial charge on any atom is -0.354 e. The van der Waals surface area contributed by atoms with E-state index in [2.05, 4.69) is 10.3 Å². The van der Waals surface area contributed by atoms with Gasteiger partial charge in [0.1, 0.15) is 6.54 Å². The molecule has 2 aromatic carbocycles. The maximum atomic E-state index is 13.4. The molecule has 0 saturated carbocycles. The molecule has 0 saturated heterocycles. The van der Waals surface area contributed by atoms with Crippen molar-refractivity contribution in [1.29, 1.82) is 0 Å². The van der Waals surface area contributed by atoms with Gasteiger partial charge in [-0.2, -0.15) is 0 Å². The van der Waals surface area contributed by atoms with Gasteiger partial charge in [0.05, 0.1) is 12.9 Å². The lowest BCUT2D eigenvalue weighted by molar-refractivity contribution is -0.121. The molecular weight excluding hydrogens is 466 g/mol. The molecule has 9 heteroatoms. The number of nitrogens with one attached hydrogen (secondary N) is 1. The molecule has 2 heterocycles. The molecule has 0 radical (unpaired) electrons. The number of carbonyl (C=O) groups excluding carboxylic acids is 1. The number of fused-ring (bicyclic) bond motifs is 1. The van der Waals surface area contributed by atoms with E-state index < -0.39 is 17.2 Å². The predicted octanol–water partition coefficient (Wildman–Crippen LogP) is 3.08. The van der Waals surface area contributed by atoms with Crippen LogP contribution in [0.5, 0.6) is 0 Å². The van der Waals surface area contributed by atoms with Crippen LogP contribution < -0.4 is 16.6 Å². The number of aromatic nitrogens is 4. The van der Waals surface area contributed by atoms with Crippen molar-refractivity contribution in [2.45, 2.75) is 39.9 Å². The van der Waals surface area contributed by atoms with E-state index >= 15 is 0 Å². The van der Waals surface area contributed by atoms with E-state index in [1.807, 2.05) is 56.3 Å². The molecule has 1 amide bonds. The fraction of sp³-hybridized carbons (Fsp3) is 0.308. The van der Waals surface area contributed by atoms with Crippen LogP contribution in [-0.2, 0) is 30.8 Å². The molecule has 4 aromatic rings. The van der Waals surface area contributed by atoms with Gasteiger partial charge in [0.25, 0.3) is 5.56 Å². The minimum atomic E-state index is -0.561. The van der Waals surface area contributed by atoms with Gasteiger partial charge in [0.15, 0.2) is 11.2 Å². The van der Waals surface area contributed by atoms with E-state index in [1.165, 1.54) is 4.57 Å². The van der Waals surface area contributed by atoms with Crippen LogP contribution in [0, 0.1) is 5.92 Å². The highest BCUT2D eigenvalue weighted by Crippen LogP contribution is 2.12. The van der Waals surface area contributed by atoms with E-state index in [9.17, 15) is 14.4 Å². The lowest BCUT2D eigenvalue weighted by atomic mass is 10.1. The van der Waals surface area contributed by atoms with Gasteiger partial charge in [-0.1, -0.05) is 67.9 Å². The van der Waals surface area contributed by atoms with Crippen LogP contribution in [0.15, 0.2) is 70.5 Å². The summed E-state index contributed by atoms with van der Waals surface area (Å²) >= 11 is 5.91. The molecule has 0 aliphatic rings. The number of nitrogens with zero attached hydrogens (tertiary/aromatic N) is 4. The summed E-state index contributed by atoms with van der Waals surface area (Å²) in [4.78, 5) is 43.9. The Bertz CT molecular complexity index is 1440. The van der Waals surface area contributed by atoms with Crippen LogP contribution in [0.25, 0.3) is 11.2 Å². The van der Waals surface area contributed by atoms with Gasteiger partial charge in [0, 0.05) is 18.1 Å². The average molecular weight is 494 g/mol. The van der Waals surface area contributed by atoms with Gasteiger partial charge < -0.3 is 9.88 Å². The van der Waals surface area contributed by atoms with Crippen molar-refractivity contribution >= 4 is 28.7 Å². The minimum absolute atomic E-state index is 0.243. The van der Waals surface area contributed by atoms with E-state index in [0.717, 1.165) is 15.7 Å². The zero-order chi connectivity index (χ0) is 24.9. The van der Waals surface area contributed by atoms with Crippen molar-refractivity contribution in [3.05, 3.63) is 97.9 Å². The second-order valence-electron chi connectivity index (χ2n) is 8.94. The Hall–Kier alpha value is -3.65. The van der Waals surface area contributed by atoms with Crippen LogP contribution in [0.1, 0.15) is 25.0 Å². The molecule has 182 valence electrons. The summed E-state index contributed by atoms with van der Waals surface area (Å²) in [5.41, 5.74) is 1.49. The Kier molecular flexibility index (Phi) is 7.51. The summed E-state index contributed by atoms with van der Waals surface area (Å²) in [7, 11) is 0. The van der Waals surface area contributed by atoms with Crippen molar-refractivity contribution in [3.63, 3.8) is 0 Å². The number of halogens is 1. The zero-order valence-electron chi connectivity index (χ0n) is 19.8. The van der Waals surface area contributed by atoms with Crippen molar-refractivity contribution in [2.24, 2.45) is 5.92 Å². The van der Waals surface area contributed by atoms with Gasteiger partial charge in [-0.15, -0.1) is 0 Å². The highest BCUT2D eigenvalue weighted by molar-refractivity contribution is 6.30. The summed E-state index contributed by atoms with van der Waals surface area (Å²) in [6.07, 6.45) is 2.19. The molecule has 8 nitrogen and oxygen atoms in total. The summed E-state index contributed by atoms with van der Waals surface area (Å²) in [5, 5.41) is 3.45. The van der Waals surface area contributed by atoms with Crippen LogP contribution in [0.3, 0.4) is 0 Å². The molecule has 0 unspecified atom stereocenters. The van der Waals surface area contributed by atoms with Crippen molar-refractivity contribution in [3.8, 4) is 0 Å². The van der Waals surface area contributed by atoms with Crippen LogP contribution >= 0.6 is 11.6 Å². The Morgan fingerprint density at radius 2 is 1.71 bits per heavy atom. The molecule has 0 atom stereocenters. The number of carbonyl (C=O) groups is 1. The number of imidazole rings is 1. The third kappa shape index (κ3) is 5.71. The molecule has 1 N–H and O–H groups in total. The van der Waals surface area contributed by atoms with E-state index in [0.29, 0.717) is 35.7 Å². The quantitative estimate of drug-likeness (QED) is 0.388. The second kappa shape index (κ2) is 10.7. The molecule has 0 aliphatic heterocycles. The van der Waals surface area contributed by atoms with E-state index in [4.69, 9.17) is 11.6 Å². The fourth-order valence-corrected chi connectivity index (χ4v) is 4.14. The average Bonchev–Trinajstić information content (AvgIpc) is 3.24. The van der Waals surface area contributed by atoms with Crippen LogP contribution in [0.2, 0.25) is 5.02 Å². The predicted molar refractivity (Wildman–Crippen MR) is 137 cm³/mol. The number of amides is 1. The maximum Gasteiger partial charge on any atom is 0.333 e. The zero-order valence-corrected chi connectivity index (χ0v) is 20.5. The smallest absolute Gasteiger partial charge is 0.333 e. The Morgan fingerprint density at radius 1 is 1.00 bits per heavy atom. The van der Waals surface area contributed by atoms with E-state index in [-0.39, 0.29) is 19.0 Å². The highest BCUT2D eigenvalue weighted by Gasteiger charge is 2.20. The van der Waals surface area contributed by atoms with Gasteiger partial charge in [0.2, 0.25) is 5.91 Å². The molecule has 0 aliphatic carbocycles. The van der Waals surface area contributed by atoms with Gasteiger partial charge in [-0.25, -0.2) is 14.3 Å². The van der Waals surface area contributed by atoms with Crippen LogP contribution in [0.4, 0.5) is 0 Å². The lowest BCUT2D eigenvalue weighted by Gasteiger charge is -2.13. The monoisotopic (exact) mass is 493 g/mol. The Morgan fingerprint density at radius 3 is 2.40 bits per heavy atom. The Balaban J connectivity index is 1.64. The third-order valence-electron chi connectivity index (χ3n) is 5.68. The van der Waals surface area contributed by atoms with Crippen molar-refractivity contribution < 1.29 is 4.79 Å². The molecular formula is C26H28ClN5O3. The van der Waals surface area contributed by atoms with Gasteiger partial charge in [-0.3, -0.25) is 14.2 Å². The first kappa shape index (κ1) is 24.5. The van der Waals surface area contributed by atoms with Gasteiger partial charge >= 0.3 is 5.69 Å². The summed E-state index contributed by atoms with van der Waals surface area (Å²) in [6, 6.07) is 16.9. The molecule has 0 spiro atoms. The molecule has 0 fully saturated rings. The normalized spacial score (nSPS) is 11.3. The molecule has 0 bridgehead atoms. The Labute approximate surface area is 207 Å². The molecule has 35 heavy (non-hydrogen) atoms. The summed E-state index contributed by atoms with van der Waals surface area (Å²) in [6.45, 7) is 4.91. The topological polar surface area (TPSA) is 90.9 Å². The summed E-state index contributed by atoms with van der Waals surface area (Å²) in [5.74, 6) is -0.135.